The Hall–Kier alpha value is -2.59. The lowest BCUT2D eigenvalue weighted by Gasteiger charge is -2.27. The number of rotatable bonds is 7. The summed E-state index contributed by atoms with van der Waals surface area (Å²) >= 11 is 0. The quantitative estimate of drug-likeness (QED) is 0.560. The Morgan fingerprint density at radius 1 is 1.14 bits per heavy atom. The number of hydrogen-bond acceptors (Lipinski definition) is 4. The van der Waals surface area contributed by atoms with Crippen LogP contribution in [-0.2, 0) is 6.42 Å². The molecule has 4 heteroatoms. The lowest BCUT2D eigenvalue weighted by atomic mass is 10.1. The molecule has 0 saturated heterocycles. The molecule has 4 nitrogen and oxygen atoms in total. The maximum atomic E-state index is 5.95. The van der Waals surface area contributed by atoms with Gasteiger partial charge in [-0.05, 0) is 75.3 Å². The summed E-state index contributed by atoms with van der Waals surface area (Å²) in [6.07, 6.45) is 4.16. The molecular formula is C24H29N3O. The third kappa shape index (κ3) is 3.97. The summed E-state index contributed by atoms with van der Waals surface area (Å²) < 4.78 is 5.95. The number of aromatic nitrogens is 1. The lowest BCUT2D eigenvalue weighted by molar-refractivity contribution is 0.282. The van der Waals surface area contributed by atoms with Crippen molar-refractivity contribution < 1.29 is 4.74 Å². The van der Waals surface area contributed by atoms with E-state index in [4.69, 9.17) is 9.72 Å². The van der Waals surface area contributed by atoms with Crippen LogP contribution in [0.2, 0.25) is 0 Å². The molecule has 1 aromatic heterocycles. The topological polar surface area (TPSA) is 28.6 Å². The van der Waals surface area contributed by atoms with Crippen LogP contribution in [-0.4, -0.2) is 43.7 Å². The van der Waals surface area contributed by atoms with Gasteiger partial charge in [-0.15, -0.1) is 0 Å². The van der Waals surface area contributed by atoms with E-state index < -0.39 is 0 Å². The zero-order valence-electron chi connectivity index (χ0n) is 17.1. The van der Waals surface area contributed by atoms with Gasteiger partial charge in [0, 0.05) is 30.4 Å². The Balaban J connectivity index is 1.52. The first-order valence-electron chi connectivity index (χ1n) is 10.1. The number of anilines is 1. The van der Waals surface area contributed by atoms with Crippen LogP contribution >= 0.6 is 0 Å². The van der Waals surface area contributed by atoms with E-state index in [1.54, 1.807) is 0 Å². The SMILES string of the molecule is C[C@H](c1cnc2ccc(OCCCN(C)C)cc2c1)N1CCc2ccccc21. The Bertz CT molecular complexity index is 953. The molecule has 0 radical (unpaired) electrons. The Morgan fingerprint density at radius 2 is 2.00 bits per heavy atom. The minimum atomic E-state index is 0.296. The van der Waals surface area contributed by atoms with Crippen LogP contribution in [0.25, 0.3) is 10.9 Å². The van der Waals surface area contributed by atoms with Crippen molar-refractivity contribution in [3.63, 3.8) is 0 Å². The smallest absolute Gasteiger partial charge is 0.120 e. The molecule has 2 aromatic carbocycles. The number of pyridine rings is 1. The monoisotopic (exact) mass is 375 g/mol. The second-order valence-electron chi connectivity index (χ2n) is 7.88. The van der Waals surface area contributed by atoms with Gasteiger partial charge in [0.25, 0.3) is 0 Å². The highest BCUT2D eigenvalue weighted by molar-refractivity contribution is 5.80. The van der Waals surface area contributed by atoms with E-state index in [-0.39, 0.29) is 0 Å². The largest absolute Gasteiger partial charge is 0.494 e. The fourth-order valence-corrected chi connectivity index (χ4v) is 3.96. The van der Waals surface area contributed by atoms with Crippen molar-refractivity contribution in [2.24, 2.45) is 0 Å². The molecule has 0 bridgehead atoms. The normalized spacial score (nSPS) is 14.5. The maximum absolute atomic E-state index is 5.95. The molecule has 0 unspecified atom stereocenters. The maximum Gasteiger partial charge on any atom is 0.120 e. The third-order valence-corrected chi connectivity index (χ3v) is 5.57. The van der Waals surface area contributed by atoms with Crippen LogP contribution in [0.4, 0.5) is 5.69 Å². The van der Waals surface area contributed by atoms with Crippen molar-refractivity contribution in [2.75, 3.05) is 38.7 Å². The van der Waals surface area contributed by atoms with Crippen molar-refractivity contribution in [1.29, 1.82) is 0 Å². The molecule has 0 fully saturated rings. The van der Waals surface area contributed by atoms with Crippen molar-refractivity contribution in [3.05, 3.63) is 65.9 Å². The van der Waals surface area contributed by atoms with E-state index in [0.29, 0.717) is 6.04 Å². The summed E-state index contributed by atoms with van der Waals surface area (Å²) in [5, 5.41) is 1.14. The number of benzene rings is 2. The van der Waals surface area contributed by atoms with E-state index in [1.165, 1.54) is 16.8 Å². The van der Waals surface area contributed by atoms with Crippen LogP contribution < -0.4 is 9.64 Å². The molecule has 146 valence electrons. The molecule has 1 aliphatic rings. The number of para-hydroxylation sites is 1. The first-order chi connectivity index (χ1) is 13.6. The van der Waals surface area contributed by atoms with Crippen molar-refractivity contribution in [2.45, 2.75) is 25.8 Å². The minimum Gasteiger partial charge on any atom is -0.494 e. The molecule has 28 heavy (non-hydrogen) atoms. The van der Waals surface area contributed by atoms with Gasteiger partial charge in [0.1, 0.15) is 5.75 Å². The van der Waals surface area contributed by atoms with Gasteiger partial charge in [-0.1, -0.05) is 18.2 Å². The minimum absolute atomic E-state index is 0.296. The molecule has 3 aromatic rings. The molecule has 0 saturated carbocycles. The highest BCUT2D eigenvalue weighted by Gasteiger charge is 2.24. The van der Waals surface area contributed by atoms with Gasteiger partial charge in [0.2, 0.25) is 0 Å². The molecule has 0 spiro atoms. The van der Waals surface area contributed by atoms with E-state index in [0.717, 1.165) is 49.2 Å². The van der Waals surface area contributed by atoms with E-state index in [9.17, 15) is 0 Å². The van der Waals surface area contributed by atoms with Gasteiger partial charge < -0.3 is 14.5 Å². The van der Waals surface area contributed by atoms with Gasteiger partial charge >= 0.3 is 0 Å². The summed E-state index contributed by atoms with van der Waals surface area (Å²) in [4.78, 5) is 9.37. The van der Waals surface area contributed by atoms with Gasteiger partial charge in [0.05, 0.1) is 18.2 Å². The second-order valence-corrected chi connectivity index (χ2v) is 7.88. The van der Waals surface area contributed by atoms with Gasteiger partial charge in [-0.2, -0.15) is 0 Å². The fraction of sp³-hybridized carbons (Fsp3) is 0.375. The number of fused-ring (bicyclic) bond motifs is 2. The summed E-state index contributed by atoms with van der Waals surface area (Å²) in [5.74, 6) is 0.921. The first-order valence-corrected chi connectivity index (χ1v) is 10.1. The molecule has 1 aliphatic heterocycles. The Labute approximate surface area is 167 Å². The summed E-state index contributed by atoms with van der Waals surface area (Å²) in [5.41, 5.74) is 5.05. The van der Waals surface area contributed by atoms with Gasteiger partial charge in [-0.3, -0.25) is 4.98 Å². The molecule has 0 amide bonds. The van der Waals surface area contributed by atoms with E-state index in [2.05, 4.69) is 73.3 Å². The van der Waals surface area contributed by atoms with Crippen LogP contribution in [0.15, 0.2) is 54.7 Å². The highest BCUT2D eigenvalue weighted by Crippen LogP contribution is 2.35. The van der Waals surface area contributed by atoms with Crippen LogP contribution in [0, 0.1) is 0 Å². The molecule has 4 rings (SSSR count). The summed E-state index contributed by atoms with van der Waals surface area (Å²) in [6, 6.07) is 17.5. The number of hydrogen-bond donors (Lipinski definition) is 0. The van der Waals surface area contributed by atoms with Crippen LogP contribution in [0.5, 0.6) is 5.75 Å². The number of nitrogens with zero attached hydrogens (tertiary/aromatic N) is 3. The van der Waals surface area contributed by atoms with Gasteiger partial charge in [-0.25, -0.2) is 0 Å². The number of ether oxygens (including phenoxy) is 1. The summed E-state index contributed by atoms with van der Waals surface area (Å²) in [6.45, 7) is 5.10. The average Bonchev–Trinajstić information content (AvgIpc) is 3.14. The zero-order chi connectivity index (χ0) is 19.5. The van der Waals surface area contributed by atoms with Crippen LogP contribution in [0.1, 0.15) is 30.5 Å². The molecular weight excluding hydrogens is 346 g/mol. The molecule has 0 aliphatic carbocycles. The fourth-order valence-electron chi connectivity index (χ4n) is 3.96. The Kier molecular flexibility index (Phi) is 5.49. The molecule has 0 N–H and O–H groups in total. The summed E-state index contributed by atoms with van der Waals surface area (Å²) in [7, 11) is 4.17. The molecule has 1 atom stereocenters. The predicted octanol–water partition coefficient (Wildman–Crippen LogP) is 4.69. The third-order valence-electron chi connectivity index (χ3n) is 5.57. The van der Waals surface area contributed by atoms with Crippen molar-refractivity contribution in [3.8, 4) is 5.75 Å². The standard InChI is InChI=1S/C24H29N3O/c1-18(27-13-11-19-7-4-5-8-24(19)27)21-15-20-16-22(9-10-23(20)25-17-21)28-14-6-12-26(2)3/h4-5,7-10,15-18H,6,11-14H2,1-3H3/t18-/m1/s1. The van der Waals surface area contributed by atoms with Gasteiger partial charge in [0.15, 0.2) is 0 Å². The average molecular weight is 376 g/mol. The zero-order valence-corrected chi connectivity index (χ0v) is 17.1. The Morgan fingerprint density at radius 3 is 2.86 bits per heavy atom. The van der Waals surface area contributed by atoms with Crippen LogP contribution in [0.3, 0.4) is 0 Å². The van der Waals surface area contributed by atoms with E-state index >= 15 is 0 Å². The van der Waals surface area contributed by atoms with E-state index in [1.807, 2.05) is 12.3 Å². The predicted molar refractivity (Wildman–Crippen MR) is 116 cm³/mol. The highest BCUT2D eigenvalue weighted by atomic mass is 16.5. The second kappa shape index (κ2) is 8.19. The first kappa shape index (κ1) is 18.8. The lowest BCUT2D eigenvalue weighted by Crippen LogP contribution is -2.24. The van der Waals surface area contributed by atoms with Crippen molar-refractivity contribution >= 4 is 16.6 Å². The molecule has 2 heterocycles. The van der Waals surface area contributed by atoms with Crippen molar-refractivity contribution in [1.82, 2.24) is 9.88 Å².